The number of aromatic nitrogens is 2. The molecule has 0 aliphatic heterocycles. The van der Waals surface area contributed by atoms with Crippen molar-refractivity contribution in [1.82, 2.24) is 9.78 Å². The van der Waals surface area contributed by atoms with Crippen LogP contribution in [0, 0.1) is 0 Å². The summed E-state index contributed by atoms with van der Waals surface area (Å²) in [5, 5.41) is 13.9. The molecule has 0 bridgehead atoms. The van der Waals surface area contributed by atoms with E-state index in [1.54, 1.807) is 0 Å². The molecule has 0 spiro atoms. The van der Waals surface area contributed by atoms with Crippen LogP contribution >= 0.6 is 0 Å². The van der Waals surface area contributed by atoms with Crippen LogP contribution in [0.2, 0.25) is 0 Å². The molecule has 3 aromatic rings. The molecule has 3 rings (SSSR count). The summed E-state index contributed by atoms with van der Waals surface area (Å²) in [6.45, 7) is 0.118. The van der Waals surface area contributed by atoms with Gasteiger partial charge in [-0.2, -0.15) is 5.10 Å². The van der Waals surface area contributed by atoms with Crippen LogP contribution in [0.25, 0.3) is 16.9 Å². The van der Waals surface area contributed by atoms with Gasteiger partial charge in [0.25, 0.3) is 0 Å². The van der Waals surface area contributed by atoms with E-state index in [9.17, 15) is 5.11 Å². The lowest BCUT2D eigenvalue weighted by Gasteiger charge is -2.05. The second-order valence-electron chi connectivity index (χ2n) is 4.61. The highest BCUT2D eigenvalue weighted by Crippen LogP contribution is 2.21. The van der Waals surface area contributed by atoms with Gasteiger partial charge in [0.05, 0.1) is 11.4 Å². The van der Waals surface area contributed by atoms with Gasteiger partial charge in [0.1, 0.15) is 0 Å². The summed E-state index contributed by atoms with van der Waals surface area (Å²) in [7, 11) is 0. The van der Waals surface area contributed by atoms with Crippen LogP contribution in [-0.2, 0) is 6.42 Å². The van der Waals surface area contributed by atoms with Gasteiger partial charge in [0, 0.05) is 24.3 Å². The van der Waals surface area contributed by atoms with E-state index in [0.29, 0.717) is 6.42 Å². The molecule has 0 unspecified atom stereocenters. The van der Waals surface area contributed by atoms with Gasteiger partial charge in [-0.3, -0.25) is 0 Å². The number of rotatable bonds is 4. The monoisotopic (exact) mass is 264 g/mol. The van der Waals surface area contributed by atoms with Crippen LogP contribution < -0.4 is 0 Å². The minimum atomic E-state index is 0.118. The summed E-state index contributed by atoms with van der Waals surface area (Å²) < 4.78 is 1.90. The Balaban J connectivity index is 2.08. The van der Waals surface area contributed by atoms with Crippen LogP contribution in [0.3, 0.4) is 0 Å². The summed E-state index contributed by atoms with van der Waals surface area (Å²) in [4.78, 5) is 0. The van der Waals surface area contributed by atoms with E-state index in [4.69, 9.17) is 0 Å². The molecule has 0 aliphatic rings. The first-order chi connectivity index (χ1) is 9.88. The molecule has 0 fully saturated rings. The highest BCUT2D eigenvalue weighted by molar-refractivity contribution is 5.60. The fourth-order valence-corrected chi connectivity index (χ4v) is 2.26. The Hall–Kier alpha value is -2.39. The number of aliphatic hydroxyl groups is 1. The van der Waals surface area contributed by atoms with Gasteiger partial charge in [0.15, 0.2) is 0 Å². The van der Waals surface area contributed by atoms with Crippen LogP contribution in [-0.4, -0.2) is 21.5 Å². The number of para-hydroxylation sites is 1. The predicted molar refractivity (Wildman–Crippen MR) is 79.8 cm³/mol. The van der Waals surface area contributed by atoms with E-state index in [-0.39, 0.29) is 6.61 Å². The smallest absolute Gasteiger partial charge is 0.0930 e. The fourth-order valence-electron chi connectivity index (χ4n) is 2.26. The molecule has 0 radical (unpaired) electrons. The minimum absolute atomic E-state index is 0.118. The number of hydrogen-bond donors (Lipinski definition) is 1. The van der Waals surface area contributed by atoms with Crippen molar-refractivity contribution in [2.45, 2.75) is 6.42 Å². The Morgan fingerprint density at radius 1 is 0.900 bits per heavy atom. The molecule has 0 amide bonds. The van der Waals surface area contributed by atoms with Crippen molar-refractivity contribution < 1.29 is 5.11 Å². The topological polar surface area (TPSA) is 38.1 Å². The van der Waals surface area contributed by atoms with E-state index < -0.39 is 0 Å². The van der Waals surface area contributed by atoms with Crippen LogP contribution in [0.1, 0.15) is 5.69 Å². The molecule has 3 heteroatoms. The largest absolute Gasteiger partial charge is 0.396 e. The summed E-state index contributed by atoms with van der Waals surface area (Å²) in [5.74, 6) is 0. The van der Waals surface area contributed by atoms with E-state index in [0.717, 1.165) is 22.6 Å². The third-order valence-corrected chi connectivity index (χ3v) is 3.22. The number of hydrogen-bond acceptors (Lipinski definition) is 2. The van der Waals surface area contributed by atoms with Crippen molar-refractivity contribution in [2.24, 2.45) is 0 Å². The Kier molecular flexibility index (Phi) is 3.61. The molecule has 0 aliphatic carbocycles. The van der Waals surface area contributed by atoms with Crippen molar-refractivity contribution in [3.63, 3.8) is 0 Å². The van der Waals surface area contributed by atoms with Crippen molar-refractivity contribution in [1.29, 1.82) is 0 Å². The van der Waals surface area contributed by atoms with E-state index in [2.05, 4.69) is 5.10 Å². The second-order valence-corrected chi connectivity index (χ2v) is 4.61. The van der Waals surface area contributed by atoms with Crippen molar-refractivity contribution >= 4 is 0 Å². The van der Waals surface area contributed by atoms with Crippen LogP contribution in [0.15, 0.2) is 66.7 Å². The Labute approximate surface area is 118 Å². The zero-order chi connectivity index (χ0) is 13.8. The lowest BCUT2D eigenvalue weighted by Crippen LogP contribution is -2.03. The zero-order valence-corrected chi connectivity index (χ0v) is 11.1. The van der Waals surface area contributed by atoms with Crippen molar-refractivity contribution in [2.75, 3.05) is 6.61 Å². The third kappa shape index (κ3) is 2.49. The first-order valence-corrected chi connectivity index (χ1v) is 6.69. The van der Waals surface area contributed by atoms with Crippen LogP contribution in [0.5, 0.6) is 0 Å². The molecule has 1 heterocycles. The summed E-state index contributed by atoms with van der Waals surface area (Å²) in [6.07, 6.45) is 0.592. The minimum Gasteiger partial charge on any atom is -0.396 e. The highest BCUT2D eigenvalue weighted by atomic mass is 16.3. The molecular formula is C17H16N2O. The molecule has 0 atom stereocenters. The number of nitrogens with zero attached hydrogens (tertiary/aromatic N) is 2. The maximum atomic E-state index is 9.23. The maximum Gasteiger partial charge on any atom is 0.0930 e. The lowest BCUT2D eigenvalue weighted by atomic mass is 10.1. The molecular weight excluding hydrogens is 248 g/mol. The van der Waals surface area contributed by atoms with Gasteiger partial charge in [0.2, 0.25) is 0 Å². The maximum absolute atomic E-state index is 9.23. The highest BCUT2D eigenvalue weighted by Gasteiger charge is 2.10. The Morgan fingerprint density at radius 3 is 2.20 bits per heavy atom. The van der Waals surface area contributed by atoms with Crippen LogP contribution in [0.4, 0.5) is 0 Å². The van der Waals surface area contributed by atoms with E-state index in [1.807, 2.05) is 71.4 Å². The Morgan fingerprint density at radius 2 is 1.55 bits per heavy atom. The van der Waals surface area contributed by atoms with E-state index >= 15 is 0 Å². The molecule has 1 aromatic heterocycles. The molecule has 0 saturated carbocycles. The molecule has 3 nitrogen and oxygen atoms in total. The van der Waals surface area contributed by atoms with Gasteiger partial charge >= 0.3 is 0 Å². The molecule has 100 valence electrons. The van der Waals surface area contributed by atoms with Gasteiger partial charge < -0.3 is 5.11 Å². The van der Waals surface area contributed by atoms with Crippen molar-refractivity contribution in [3.8, 4) is 16.9 Å². The summed E-state index contributed by atoms with van der Waals surface area (Å²) in [5.41, 5.74) is 4.04. The quantitative estimate of drug-likeness (QED) is 0.786. The zero-order valence-electron chi connectivity index (χ0n) is 11.1. The Bertz CT molecular complexity index is 675. The standard InChI is InChI=1S/C17H16N2O/c20-12-11-16-13-17(14-7-3-1-4-8-14)18-19(16)15-9-5-2-6-10-15/h1-10,13,20H,11-12H2. The molecule has 1 N–H and O–H groups in total. The fraction of sp³-hybridized carbons (Fsp3) is 0.118. The first-order valence-electron chi connectivity index (χ1n) is 6.69. The third-order valence-electron chi connectivity index (χ3n) is 3.22. The first kappa shape index (κ1) is 12.6. The SMILES string of the molecule is OCCc1cc(-c2ccccc2)nn1-c1ccccc1. The predicted octanol–water partition coefficient (Wildman–Crippen LogP) is 3.07. The molecule has 0 saturated heterocycles. The molecule has 20 heavy (non-hydrogen) atoms. The van der Waals surface area contributed by atoms with Gasteiger partial charge in [-0.1, -0.05) is 48.5 Å². The molecule has 2 aromatic carbocycles. The van der Waals surface area contributed by atoms with Gasteiger partial charge in [-0.25, -0.2) is 4.68 Å². The van der Waals surface area contributed by atoms with E-state index in [1.165, 1.54) is 0 Å². The summed E-state index contributed by atoms with van der Waals surface area (Å²) in [6, 6.07) is 22.1. The van der Waals surface area contributed by atoms with Crippen molar-refractivity contribution in [3.05, 3.63) is 72.4 Å². The average Bonchev–Trinajstić information content (AvgIpc) is 2.94. The average molecular weight is 264 g/mol. The normalized spacial score (nSPS) is 10.7. The lowest BCUT2D eigenvalue weighted by molar-refractivity contribution is 0.297. The number of benzene rings is 2. The number of aliphatic hydroxyl groups excluding tert-OH is 1. The summed E-state index contributed by atoms with van der Waals surface area (Å²) >= 11 is 0. The van der Waals surface area contributed by atoms with Gasteiger partial charge in [-0.05, 0) is 18.2 Å². The second kappa shape index (κ2) is 5.72. The van der Waals surface area contributed by atoms with Gasteiger partial charge in [-0.15, -0.1) is 0 Å².